The van der Waals surface area contributed by atoms with E-state index in [0.29, 0.717) is 44.6 Å². The molecule has 28 heavy (non-hydrogen) atoms. The summed E-state index contributed by atoms with van der Waals surface area (Å²) in [6.07, 6.45) is 4.27. The number of aromatic nitrogens is 2. The standard InChI is InChI=1S/C19H26N4O4S/c1-3-23-14-16(13-20-23)18(24)22-11-9-19(15-22,10-12-27-2)21-28(25,26)17-7-5-4-6-8-17/h4-8,13-14,21H,3,9-12,15H2,1-2H3. The van der Waals surface area contributed by atoms with Crippen LogP contribution < -0.4 is 4.72 Å². The summed E-state index contributed by atoms with van der Waals surface area (Å²) in [5, 5.41) is 4.15. The first kappa shape index (κ1) is 20.5. The lowest BCUT2D eigenvalue weighted by molar-refractivity contribution is 0.0775. The molecular weight excluding hydrogens is 380 g/mol. The molecule has 1 aliphatic rings. The zero-order valence-electron chi connectivity index (χ0n) is 16.2. The van der Waals surface area contributed by atoms with Crippen molar-refractivity contribution in [1.29, 1.82) is 0 Å². The van der Waals surface area contributed by atoms with E-state index in [4.69, 9.17) is 4.74 Å². The van der Waals surface area contributed by atoms with Crippen LogP contribution in [0.2, 0.25) is 0 Å². The molecule has 3 rings (SSSR count). The summed E-state index contributed by atoms with van der Waals surface area (Å²) in [7, 11) is -2.13. The number of hydrogen-bond donors (Lipinski definition) is 1. The minimum atomic E-state index is -3.71. The third kappa shape index (κ3) is 4.43. The highest BCUT2D eigenvalue weighted by atomic mass is 32.2. The molecule has 2 aromatic rings. The minimum Gasteiger partial charge on any atom is -0.385 e. The smallest absolute Gasteiger partial charge is 0.257 e. The maximum absolute atomic E-state index is 12.9. The quantitative estimate of drug-likeness (QED) is 0.717. The fourth-order valence-electron chi connectivity index (χ4n) is 3.45. The summed E-state index contributed by atoms with van der Waals surface area (Å²) >= 11 is 0. The summed E-state index contributed by atoms with van der Waals surface area (Å²) in [5.74, 6) is -0.141. The number of benzene rings is 1. The van der Waals surface area contributed by atoms with Gasteiger partial charge in [0.1, 0.15) is 0 Å². The van der Waals surface area contributed by atoms with Crippen LogP contribution in [-0.2, 0) is 21.3 Å². The summed E-state index contributed by atoms with van der Waals surface area (Å²) < 4.78 is 35.5. The fourth-order valence-corrected chi connectivity index (χ4v) is 4.93. The molecule has 2 heterocycles. The first-order valence-electron chi connectivity index (χ1n) is 9.29. The van der Waals surface area contributed by atoms with E-state index in [1.165, 1.54) is 0 Å². The van der Waals surface area contributed by atoms with Crippen LogP contribution in [0.15, 0.2) is 47.6 Å². The number of ether oxygens (including phenoxy) is 1. The third-order valence-electron chi connectivity index (χ3n) is 5.03. The highest BCUT2D eigenvalue weighted by Gasteiger charge is 2.43. The molecule has 1 atom stereocenters. The Morgan fingerprint density at radius 3 is 2.71 bits per heavy atom. The van der Waals surface area contributed by atoms with Gasteiger partial charge in [-0.2, -0.15) is 5.10 Å². The van der Waals surface area contributed by atoms with E-state index in [0.717, 1.165) is 0 Å². The number of methoxy groups -OCH3 is 1. The lowest BCUT2D eigenvalue weighted by atomic mass is 9.96. The van der Waals surface area contributed by atoms with Crippen LogP contribution in [0.25, 0.3) is 0 Å². The molecule has 1 aromatic heterocycles. The average Bonchev–Trinajstić information content (AvgIpc) is 3.34. The molecule has 8 nitrogen and oxygen atoms in total. The number of sulfonamides is 1. The molecule has 1 amide bonds. The van der Waals surface area contributed by atoms with Crippen molar-refractivity contribution in [2.45, 2.75) is 36.7 Å². The Balaban J connectivity index is 1.80. The number of carbonyl (C=O) groups is 1. The maximum atomic E-state index is 12.9. The number of hydrogen-bond acceptors (Lipinski definition) is 5. The lowest BCUT2D eigenvalue weighted by Gasteiger charge is -2.30. The Labute approximate surface area is 165 Å². The summed E-state index contributed by atoms with van der Waals surface area (Å²) in [6, 6.07) is 8.26. The second-order valence-corrected chi connectivity index (χ2v) is 8.69. The molecule has 0 spiro atoms. The first-order valence-corrected chi connectivity index (χ1v) is 10.8. The first-order chi connectivity index (χ1) is 13.4. The molecule has 1 fully saturated rings. The SMILES string of the molecule is CCn1cc(C(=O)N2CCC(CCOC)(NS(=O)(=O)c3ccccc3)C2)cn1. The predicted molar refractivity (Wildman–Crippen MR) is 104 cm³/mol. The van der Waals surface area contributed by atoms with Gasteiger partial charge in [0.05, 0.1) is 22.2 Å². The molecule has 1 aromatic carbocycles. The van der Waals surface area contributed by atoms with Crippen molar-refractivity contribution in [3.8, 4) is 0 Å². The van der Waals surface area contributed by atoms with Crippen LogP contribution in [0.1, 0.15) is 30.1 Å². The van der Waals surface area contributed by atoms with Crippen molar-refractivity contribution >= 4 is 15.9 Å². The zero-order chi connectivity index (χ0) is 20.2. The highest BCUT2D eigenvalue weighted by molar-refractivity contribution is 7.89. The Morgan fingerprint density at radius 1 is 1.32 bits per heavy atom. The van der Waals surface area contributed by atoms with E-state index >= 15 is 0 Å². The predicted octanol–water partition coefficient (Wildman–Crippen LogP) is 1.50. The van der Waals surface area contributed by atoms with Crippen molar-refractivity contribution in [2.24, 2.45) is 0 Å². The van der Waals surface area contributed by atoms with Gasteiger partial charge >= 0.3 is 0 Å². The van der Waals surface area contributed by atoms with Crippen LogP contribution in [0.3, 0.4) is 0 Å². The Morgan fingerprint density at radius 2 is 2.07 bits per heavy atom. The summed E-state index contributed by atoms with van der Waals surface area (Å²) in [6.45, 7) is 3.79. The van der Waals surface area contributed by atoms with Crippen LogP contribution in [0, 0.1) is 0 Å². The molecule has 0 radical (unpaired) electrons. The molecule has 0 saturated carbocycles. The van der Waals surface area contributed by atoms with Crippen LogP contribution in [0.5, 0.6) is 0 Å². The number of nitrogens with one attached hydrogen (secondary N) is 1. The van der Waals surface area contributed by atoms with E-state index in [2.05, 4.69) is 9.82 Å². The van der Waals surface area contributed by atoms with Gasteiger partial charge in [-0.1, -0.05) is 18.2 Å². The fraction of sp³-hybridized carbons (Fsp3) is 0.474. The second kappa shape index (κ2) is 8.42. The summed E-state index contributed by atoms with van der Waals surface area (Å²) in [4.78, 5) is 14.7. The van der Waals surface area contributed by atoms with Gasteiger partial charge in [-0.3, -0.25) is 9.48 Å². The zero-order valence-corrected chi connectivity index (χ0v) is 17.0. The van der Waals surface area contributed by atoms with Gasteiger partial charge in [0.25, 0.3) is 5.91 Å². The van der Waals surface area contributed by atoms with Crippen LogP contribution in [-0.4, -0.2) is 61.4 Å². The molecule has 9 heteroatoms. The largest absolute Gasteiger partial charge is 0.385 e. The van der Waals surface area contributed by atoms with Crippen molar-refractivity contribution in [1.82, 2.24) is 19.4 Å². The van der Waals surface area contributed by atoms with Gasteiger partial charge in [-0.05, 0) is 31.9 Å². The van der Waals surface area contributed by atoms with Gasteiger partial charge in [-0.15, -0.1) is 0 Å². The van der Waals surface area contributed by atoms with E-state index in [9.17, 15) is 13.2 Å². The maximum Gasteiger partial charge on any atom is 0.257 e. The van der Waals surface area contributed by atoms with Gasteiger partial charge in [0.2, 0.25) is 10.0 Å². The molecule has 0 bridgehead atoms. The topological polar surface area (TPSA) is 93.5 Å². The van der Waals surface area contributed by atoms with Crippen molar-refractivity contribution in [3.63, 3.8) is 0 Å². The number of likely N-dealkylation sites (tertiary alicyclic amines) is 1. The van der Waals surface area contributed by atoms with E-state index in [-0.39, 0.29) is 10.8 Å². The van der Waals surface area contributed by atoms with Gasteiger partial charge in [0.15, 0.2) is 0 Å². The highest BCUT2D eigenvalue weighted by Crippen LogP contribution is 2.28. The molecular formula is C19H26N4O4S. The Bertz CT molecular complexity index is 913. The summed E-state index contributed by atoms with van der Waals surface area (Å²) in [5.41, 5.74) is -0.253. The molecule has 1 aliphatic heterocycles. The van der Waals surface area contributed by atoms with Gasteiger partial charge in [0, 0.05) is 39.5 Å². The lowest BCUT2D eigenvalue weighted by Crippen LogP contribution is -2.51. The molecule has 152 valence electrons. The van der Waals surface area contributed by atoms with Crippen molar-refractivity contribution in [2.75, 3.05) is 26.8 Å². The number of aryl methyl sites for hydroxylation is 1. The number of carbonyl (C=O) groups excluding carboxylic acids is 1. The molecule has 1 saturated heterocycles. The molecule has 0 aliphatic carbocycles. The number of nitrogens with zero attached hydrogens (tertiary/aromatic N) is 3. The minimum absolute atomic E-state index is 0.141. The number of amides is 1. The monoisotopic (exact) mass is 406 g/mol. The average molecular weight is 407 g/mol. The van der Waals surface area contributed by atoms with Gasteiger partial charge in [-0.25, -0.2) is 13.1 Å². The number of rotatable bonds is 8. The van der Waals surface area contributed by atoms with Crippen LogP contribution >= 0.6 is 0 Å². The van der Waals surface area contributed by atoms with E-state index in [1.807, 2.05) is 6.92 Å². The van der Waals surface area contributed by atoms with Crippen molar-refractivity contribution in [3.05, 3.63) is 48.3 Å². The third-order valence-corrected chi connectivity index (χ3v) is 6.63. The van der Waals surface area contributed by atoms with Crippen molar-refractivity contribution < 1.29 is 17.9 Å². The normalized spacial score (nSPS) is 19.9. The Hall–Kier alpha value is -2.23. The van der Waals surface area contributed by atoms with Crippen LogP contribution in [0.4, 0.5) is 0 Å². The van der Waals surface area contributed by atoms with Gasteiger partial charge < -0.3 is 9.64 Å². The molecule has 1 unspecified atom stereocenters. The second-order valence-electron chi connectivity index (χ2n) is 7.00. The van der Waals surface area contributed by atoms with E-state index in [1.54, 1.807) is 59.4 Å². The molecule has 1 N–H and O–H groups in total. The van der Waals surface area contributed by atoms with E-state index < -0.39 is 15.6 Å². The Kier molecular flexibility index (Phi) is 6.17.